The Balaban J connectivity index is 1.39. The highest BCUT2D eigenvalue weighted by molar-refractivity contribution is 7.89. The Hall–Kier alpha value is -2.36. The van der Waals surface area contributed by atoms with Crippen LogP contribution in [-0.4, -0.2) is 32.8 Å². The zero-order valence-electron chi connectivity index (χ0n) is 14.1. The first-order valence-corrected chi connectivity index (χ1v) is 10.8. The summed E-state index contributed by atoms with van der Waals surface area (Å²) in [6.07, 6.45) is 2.55. The molecule has 2 aromatic heterocycles. The Morgan fingerprint density at radius 2 is 2.15 bits per heavy atom. The van der Waals surface area contributed by atoms with Gasteiger partial charge in [-0.15, -0.1) is 11.3 Å². The van der Waals surface area contributed by atoms with Gasteiger partial charge in [0.2, 0.25) is 0 Å². The molecular formula is C18H16N2O5S2. The average Bonchev–Trinajstić information content (AvgIpc) is 3.39. The molecule has 7 nitrogen and oxygen atoms in total. The zero-order chi connectivity index (χ0) is 18.4. The summed E-state index contributed by atoms with van der Waals surface area (Å²) in [7, 11) is -3.93. The van der Waals surface area contributed by atoms with E-state index in [2.05, 4.69) is 10.5 Å². The van der Waals surface area contributed by atoms with Crippen molar-refractivity contribution in [3.8, 4) is 22.1 Å². The van der Waals surface area contributed by atoms with Crippen molar-refractivity contribution >= 4 is 21.5 Å². The van der Waals surface area contributed by atoms with Gasteiger partial charge in [0.05, 0.1) is 4.88 Å². The molecule has 0 spiro atoms. The molecule has 0 radical (unpaired) electrons. The third-order valence-electron chi connectivity index (χ3n) is 4.81. The summed E-state index contributed by atoms with van der Waals surface area (Å²) in [6, 6.07) is 10.1. The molecule has 5 rings (SSSR count). The Kier molecular flexibility index (Phi) is 3.96. The Labute approximate surface area is 160 Å². The minimum Gasteiger partial charge on any atom is -0.488 e. The molecule has 27 heavy (non-hydrogen) atoms. The van der Waals surface area contributed by atoms with Crippen molar-refractivity contribution in [1.82, 2.24) is 10.5 Å². The number of hydrogen-bond acceptors (Lipinski definition) is 8. The SMILES string of the molecule is O=S(=O)(Oc1ccc2c(c1)OC1CNCCC21)c1ccc(-c2ccon2)s1. The maximum absolute atomic E-state index is 12.6. The van der Waals surface area contributed by atoms with E-state index in [4.69, 9.17) is 13.4 Å². The van der Waals surface area contributed by atoms with E-state index in [1.54, 1.807) is 24.3 Å². The molecule has 0 bridgehead atoms. The van der Waals surface area contributed by atoms with Gasteiger partial charge in [-0.25, -0.2) is 0 Å². The lowest BCUT2D eigenvalue weighted by molar-refractivity contribution is 0.176. The first kappa shape index (κ1) is 16.8. The van der Waals surface area contributed by atoms with Crippen molar-refractivity contribution in [1.29, 1.82) is 0 Å². The molecule has 3 aromatic rings. The van der Waals surface area contributed by atoms with Crippen molar-refractivity contribution in [3.63, 3.8) is 0 Å². The van der Waals surface area contributed by atoms with Crippen LogP contribution >= 0.6 is 11.3 Å². The average molecular weight is 404 g/mol. The van der Waals surface area contributed by atoms with Crippen LogP contribution in [0.5, 0.6) is 11.5 Å². The van der Waals surface area contributed by atoms with E-state index >= 15 is 0 Å². The van der Waals surface area contributed by atoms with Gasteiger partial charge in [0, 0.05) is 30.2 Å². The topological polar surface area (TPSA) is 90.7 Å². The molecule has 0 amide bonds. The highest BCUT2D eigenvalue weighted by Crippen LogP contribution is 2.43. The fourth-order valence-electron chi connectivity index (χ4n) is 3.55. The van der Waals surface area contributed by atoms with Gasteiger partial charge in [-0.05, 0) is 31.2 Å². The number of ether oxygens (including phenoxy) is 1. The molecule has 4 heterocycles. The number of thiophene rings is 1. The summed E-state index contributed by atoms with van der Waals surface area (Å²) in [5.74, 6) is 1.31. The van der Waals surface area contributed by atoms with E-state index in [9.17, 15) is 8.42 Å². The molecule has 2 unspecified atom stereocenters. The summed E-state index contributed by atoms with van der Waals surface area (Å²) in [4.78, 5) is 0.694. The number of hydrogen-bond donors (Lipinski definition) is 1. The van der Waals surface area contributed by atoms with Crippen LogP contribution < -0.4 is 14.2 Å². The van der Waals surface area contributed by atoms with Crippen molar-refractivity contribution in [2.45, 2.75) is 22.7 Å². The molecule has 1 fully saturated rings. The molecule has 0 saturated carbocycles. The van der Waals surface area contributed by atoms with Gasteiger partial charge < -0.3 is 18.8 Å². The minimum atomic E-state index is -3.93. The predicted octanol–water partition coefficient (Wildman–Crippen LogP) is 3.01. The monoisotopic (exact) mass is 404 g/mol. The highest BCUT2D eigenvalue weighted by Gasteiger charge is 2.36. The third kappa shape index (κ3) is 3.01. The van der Waals surface area contributed by atoms with Crippen LogP contribution in [0.2, 0.25) is 0 Å². The lowest BCUT2D eigenvalue weighted by Crippen LogP contribution is -2.39. The summed E-state index contributed by atoms with van der Waals surface area (Å²) in [5, 5.41) is 7.14. The molecule has 1 aromatic carbocycles. The van der Waals surface area contributed by atoms with E-state index < -0.39 is 10.1 Å². The molecule has 0 aliphatic carbocycles. The summed E-state index contributed by atoms with van der Waals surface area (Å²) < 4.78 is 41.5. The Morgan fingerprint density at radius 3 is 3.00 bits per heavy atom. The maximum Gasteiger partial charge on any atom is 0.348 e. The first-order chi connectivity index (χ1) is 13.1. The van der Waals surface area contributed by atoms with Crippen LogP contribution in [0.15, 0.2) is 51.4 Å². The summed E-state index contributed by atoms with van der Waals surface area (Å²) >= 11 is 1.08. The van der Waals surface area contributed by atoms with Crippen LogP contribution in [-0.2, 0) is 10.1 Å². The van der Waals surface area contributed by atoms with Crippen LogP contribution in [0.4, 0.5) is 0 Å². The second kappa shape index (κ2) is 6.36. The van der Waals surface area contributed by atoms with E-state index in [1.807, 2.05) is 6.07 Å². The van der Waals surface area contributed by atoms with E-state index in [0.29, 0.717) is 22.2 Å². The largest absolute Gasteiger partial charge is 0.488 e. The van der Waals surface area contributed by atoms with Gasteiger partial charge in [-0.1, -0.05) is 11.2 Å². The Bertz CT molecular complexity index is 1080. The van der Waals surface area contributed by atoms with Gasteiger partial charge >= 0.3 is 10.1 Å². The molecule has 1 saturated heterocycles. The van der Waals surface area contributed by atoms with E-state index in [-0.39, 0.29) is 16.1 Å². The maximum atomic E-state index is 12.6. The minimum absolute atomic E-state index is 0.0999. The Morgan fingerprint density at radius 1 is 1.22 bits per heavy atom. The van der Waals surface area contributed by atoms with Crippen LogP contribution in [0.25, 0.3) is 10.6 Å². The number of nitrogens with one attached hydrogen (secondary N) is 1. The molecule has 140 valence electrons. The standard InChI is InChI=1S/C18H16N2O5S2/c21-27(22,18-4-3-17(26-18)14-6-8-23-20-14)25-11-1-2-12-13-5-7-19-10-16(13)24-15(12)9-11/h1-4,6,8-9,13,16,19H,5,7,10H2. The number of rotatable bonds is 4. The molecule has 9 heteroatoms. The fraction of sp³-hybridized carbons (Fsp3) is 0.278. The van der Waals surface area contributed by atoms with Crippen LogP contribution in [0.3, 0.4) is 0 Å². The van der Waals surface area contributed by atoms with Gasteiger partial charge in [-0.3, -0.25) is 0 Å². The number of fused-ring (bicyclic) bond motifs is 3. The second-order valence-corrected chi connectivity index (χ2v) is 9.35. The van der Waals surface area contributed by atoms with Crippen LogP contribution in [0.1, 0.15) is 17.9 Å². The quantitative estimate of drug-likeness (QED) is 0.669. The number of piperidine rings is 1. The van der Waals surface area contributed by atoms with E-state index in [0.717, 1.165) is 36.4 Å². The number of nitrogens with zero attached hydrogens (tertiary/aromatic N) is 1. The molecule has 2 aliphatic rings. The van der Waals surface area contributed by atoms with Gasteiger partial charge in [0.15, 0.2) is 4.21 Å². The van der Waals surface area contributed by atoms with Crippen molar-refractivity contribution in [3.05, 3.63) is 48.2 Å². The smallest absolute Gasteiger partial charge is 0.348 e. The van der Waals surface area contributed by atoms with Crippen molar-refractivity contribution in [2.75, 3.05) is 13.1 Å². The lowest BCUT2D eigenvalue weighted by Gasteiger charge is -2.24. The molecular weight excluding hydrogens is 388 g/mol. The summed E-state index contributed by atoms with van der Waals surface area (Å²) in [6.45, 7) is 1.76. The number of benzene rings is 1. The normalized spacial score (nSPS) is 21.3. The highest BCUT2D eigenvalue weighted by atomic mass is 32.3. The predicted molar refractivity (Wildman–Crippen MR) is 98.7 cm³/mol. The third-order valence-corrected chi connectivity index (χ3v) is 7.62. The van der Waals surface area contributed by atoms with Gasteiger partial charge in [0.25, 0.3) is 0 Å². The summed E-state index contributed by atoms with van der Waals surface area (Å²) in [5.41, 5.74) is 1.71. The molecule has 2 aliphatic heterocycles. The lowest BCUT2D eigenvalue weighted by atomic mass is 9.90. The zero-order valence-corrected chi connectivity index (χ0v) is 15.8. The number of aromatic nitrogens is 1. The fourth-order valence-corrected chi connectivity index (χ4v) is 5.70. The first-order valence-electron chi connectivity index (χ1n) is 8.56. The van der Waals surface area contributed by atoms with Crippen LogP contribution in [0, 0.1) is 0 Å². The van der Waals surface area contributed by atoms with Gasteiger partial charge in [-0.2, -0.15) is 8.42 Å². The van der Waals surface area contributed by atoms with Crippen molar-refractivity contribution in [2.24, 2.45) is 0 Å². The van der Waals surface area contributed by atoms with Crippen molar-refractivity contribution < 1.29 is 21.9 Å². The van der Waals surface area contributed by atoms with E-state index in [1.165, 1.54) is 12.3 Å². The van der Waals surface area contributed by atoms with Gasteiger partial charge in [0.1, 0.15) is 29.6 Å². The molecule has 2 atom stereocenters. The second-order valence-electron chi connectivity index (χ2n) is 6.50. The molecule has 1 N–H and O–H groups in total.